The number of hydrogen-bond donors (Lipinski definition) is 0. The number of nitrogens with zero attached hydrogens (tertiary/aromatic N) is 2. The van der Waals surface area contributed by atoms with Crippen LogP contribution in [0.2, 0.25) is 0 Å². The number of amides is 2. The van der Waals surface area contributed by atoms with E-state index >= 15 is 0 Å². The zero-order valence-electron chi connectivity index (χ0n) is 18.2. The fourth-order valence-electron chi connectivity index (χ4n) is 5.62. The molecular formula is C22H20N2O8S2. The normalized spacial score (nSPS) is 38.9. The number of piperazine rings is 1. The highest BCUT2D eigenvalue weighted by molar-refractivity contribution is 8.78. The second kappa shape index (κ2) is 7.32. The first-order chi connectivity index (χ1) is 16.3. The van der Waals surface area contributed by atoms with Crippen LogP contribution in [0.25, 0.3) is 0 Å². The van der Waals surface area contributed by atoms with Crippen molar-refractivity contribution in [3.05, 3.63) is 48.3 Å². The Hall–Kier alpha value is -2.86. The molecule has 0 aliphatic carbocycles. The number of fused-ring (bicyclic) bond motifs is 3. The third-order valence-electron chi connectivity index (χ3n) is 6.76. The standard InChI is InChI=1S/C22H20N2O8S2/c1-11(25)31-15-3-5-29-9-13-7-21-20(28)24-18-14(10-30-6-4-16(18)32-12(2)26)8-22(24,34-33-21)19(27)23(21)17(13)15/h3-6,9-10,15-18H,7-8H2,1-2H3/t15?,16?,17?,18?,21-,22-/m1/s1. The van der Waals surface area contributed by atoms with Gasteiger partial charge in [-0.1, -0.05) is 21.6 Å². The summed E-state index contributed by atoms with van der Waals surface area (Å²) >= 11 is 0. The van der Waals surface area contributed by atoms with E-state index in [0.29, 0.717) is 11.1 Å². The molecule has 5 saturated heterocycles. The molecule has 7 aliphatic heterocycles. The zero-order valence-corrected chi connectivity index (χ0v) is 19.8. The smallest absolute Gasteiger partial charge is 0.303 e. The highest BCUT2D eigenvalue weighted by atomic mass is 33.1. The van der Waals surface area contributed by atoms with Crippen LogP contribution in [0.5, 0.6) is 0 Å². The van der Waals surface area contributed by atoms with Crippen molar-refractivity contribution < 1.29 is 38.1 Å². The first-order valence-electron chi connectivity index (χ1n) is 10.7. The molecule has 34 heavy (non-hydrogen) atoms. The topological polar surface area (TPSA) is 112 Å². The molecule has 2 amide bonds. The molecule has 2 spiro atoms. The van der Waals surface area contributed by atoms with Crippen LogP contribution in [0, 0.1) is 0 Å². The quantitative estimate of drug-likeness (QED) is 0.407. The van der Waals surface area contributed by atoms with Gasteiger partial charge in [0.25, 0.3) is 11.8 Å². The second-order valence-electron chi connectivity index (χ2n) is 8.79. The Balaban J connectivity index is 1.46. The monoisotopic (exact) mass is 504 g/mol. The molecule has 7 rings (SSSR count). The Labute approximate surface area is 202 Å². The van der Waals surface area contributed by atoms with Gasteiger partial charge in [0.15, 0.2) is 9.74 Å². The molecular weight excluding hydrogens is 484 g/mol. The number of carbonyl (C=O) groups is 4. The first kappa shape index (κ1) is 21.7. The maximum atomic E-state index is 14.2. The van der Waals surface area contributed by atoms with E-state index in [1.807, 2.05) is 0 Å². The van der Waals surface area contributed by atoms with Crippen LogP contribution in [-0.2, 0) is 38.1 Å². The summed E-state index contributed by atoms with van der Waals surface area (Å²) in [6, 6.07) is -1.32. The molecule has 12 heteroatoms. The van der Waals surface area contributed by atoms with Crippen LogP contribution in [0.15, 0.2) is 48.3 Å². The summed E-state index contributed by atoms with van der Waals surface area (Å²) in [5, 5.41) is 0. The molecule has 6 atom stereocenters. The van der Waals surface area contributed by atoms with E-state index in [1.165, 1.54) is 60.5 Å². The van der Waals surface area contributed by atoms with E-state index in [-0.39, 0.29) is 24.7 Å². The molecule has 7 aliphatic rings. The minimum atomic E-state index is -1.24. The van der Waals surface area contributed by atoms with E-state index in [2.05, 4.69) is 0 Å². The van der Waals surface area contributed by atoms with Crippen molar-refractivity contribution in [2.24, 2.45) is 0 Å². The summed E-state index contributed by atoms with van der Waals surface area (Å²) in [6.07, 6.45) is 7.91. The molecule has 5 fully saturated rings. The van der Waals surface area contributed by atoms with Gasteiger partial charge in [0.1, 0.15) is 12.2 Å². The van der Waals surface area contributed by atoms with Crippen molar-refractivity contribution in [2.75, 3.05) is 0 Å². The maximum Gasteiger partial charge on any atom is 0.303 e. The van der Waals surface area contributed by atoms with Gasteiger partial charge in [-0.25, -0.2) is 0 Å². The Morgan fingerprint density at radius 1 is 0.853 bits per heavy atom. The second-order valence-corrected chi connectivity index (χ2v) is 11.5. The van der Waals surface area contributed by atoms with Gasteiger partial charge in [0.05, 0.1) is 37.1 Å². The third kappa shape index (κ3) is 2.72. The molecule has 178 valence electrons. The van der Waals surface area contributed by atoms with Crippen LogP contribution in [0.3, 0.4) is 0 Å². The molecule has 0 radical (unpaired) electrons. The summed E-state index contributed by atoms with van der Waals surface area (Å²) in [5.41, 5.74) is 1.39. The van der Waals surface area contributed by atoms with Crippen LogP contribution in [0.4, 0.5) is 0 Å². The van der Waals surface area contributed by atoms with Gasteiger partial charge in [-0.2, -0.15) is 0 Å². The minimum absolute atomic E-state index is 0.224. The van der Waals surface area contributed by atoms with Gasteiger partial charge in [0, 0.05) is 26.7 Å². The van der Waals surface area contributed by atoms with E-state index in [1.54, 1.807) is 22.0 Å². The molecule has 2 bridgehead atoms. The van der Waals surface area contributed by atoms with Crippen LogP contribution < -0.4 is 0 Å². The average Bonchev–Trinajstić information content (AvgIpc) is 3.14. The fraction of sp³-hybridized carbons (Fsp3) is 0.455. The summed E-state index contributed by atoms with van der Waals surface area (Å²) in [7, 11) is 2.69. The van der Waals surface area contributed by atoms with Crippen LogP contribution in [0.1, 0.15) is 26.7 Å². The Morgan fingerprint density at radius 3 is 1.65 bits per heavy atom. The minimum Gasteiger partial charge on any atom is -0.473 e. The molecule has 0 aromatic rings. The van der Waals surface area contributed by atoms with Crippen molar-refractivity contribution in [1.29, 1.82) is 0 Å². The average molecular weight is 505 g/mol. The molecule has 7 heterocycles. The molecule has 4 unspecified atom stereocenters. The SMILES string of the molecule is CC(=O)OC1C=COC=C2C[C@@]34SS[C@]5(CC6=COC=CC(OC(C)=O)C6N5C3=O)C(=O)N4C21. The predicted octanol–water partition coefficient (Wildman–Crippen LogP) is 1.71. The van der Waals surface area contributed by atoms with Gasteiger partial charge in [0.2, 0.25) is 0 Å². The molecule has 0 N–H and O–H groups in total. The molecule has 0 aromatic carbocycles. The lowest BCUT2D eigenvalue weighted by atomic mass is 10.0. The number of carbonyl (C=O) groups excluding carboxylic acids is 4. The Morgan fingerprint density at radius 2 is 1.26 bits per heavy atom. The number of ether oxygens (including phenoxy) is 4. The van der Waals surface area contributed by atoms with Crippen LogP contribution >= 0.6 is 21.6 Å². The van der Waals surface area contributed by atoms with E-state index in [9.17, 15) is 19.2 Å². The summed E-state index contributed by atoms with van der Waals surface area (Å²) in [6.45, 7) is 2.60. The Bertz CT molecular complexity index is 1060. The highest BCUT2D eigenvalue weighted by Crippen LogP contribution is 2.69. The Kier molecular flexibility index (Phi) is 4.66. The van der Waals surface area contributed by atoms with Crippen molar-refractivity contribution >= 4 is 45.3 Å². The van der Waals surface area contributed by atoms with Gasteiger partial charge < -0.3 is 28.7 Å². The number of rotatable bonds is 2. The van der Waals surface area contributed by atoms with E-state index in [0.717, 1.165) is 0 Å². The summed E-state index contributed by atoms with van der Waals surface area (Å²) in [5.74, 6) is -1.51. The van der Waals surface area contributed by atoms with Crippen LogP contribution in [-0.4, -0.2) is 67.6 Å². The lowest BCUT2D eigenvalue weighted by Gasteiger charge is -2.58. The lowest BCUT2D eigenvalue weighted by molar-refractivity contribution is -0.171. The van der Waals surface area contributed by atoms with Gasteiger partial charge >= 0.3 is 11.9 Å². The summed E-state index contributed by atoms with van der Waals surface area (Å²) < 4.78 is 21.9. The van der Waals surface area contributed by atoms with E-state index < -0.39 is 46.0 Å². The summed E-state index contributed by atoms with van der Waals surface area (Å²) in [4.78, 5) is 52.8. The van der Waals surface area contributed by atoms with Crippen molar-refractivity contribution in [3.63, 3.8) is 0 Å². The van der Waals surface area contributed by atoms with Crippen molar-refractivity contribution in [1.82, 2.24) is 9.80 Å². The highest BCUT2D eigenvalue weighted by Gasteiger charge is 2.77. The van der Waals surface area contributed by atoms with E-state index in [4.69, 9.17) is 18.9 Å². The predicted molar refractivity (Wildman–Crippen MR) is 119 cm³/mol. The number of esters is 2. The number of hydrogen-bond acceptors (Lipinski definition) is 10. The van der Waals surface area contributed by atoms with Gasteiger partial charge in [-0.15, -0.1) is 0 Å². The zero-order chi connectivity index (χ0) is 23.8. The van der Waals surface area contributed by atoms with Crippen molar-refractivity contribution in [2.45, 2.75) is 60.7 Å². The fourth-order valence-corrected chi connectivity index (χ4v) is 9.33. The van der Waals surface area contributed by atoms with Gasteiger partial charge in [-0.05, 0) is 23.3 Å². The molecule has 10 nitrogen and oxygen atoms in total. The maximum absolute atomic E-state index is 14.2. The molecule has 0 saturated carbocycles. The lowest BCUT2D eigenvalue weighted by Crippen LogP contribution is -2.77. The van der Waals surface area contributed by atoms with Gasteiger partial charge in [-0.3, -0.25) is 19.2 Å². The third-order valence-corrected chi connectivity index (χ3v) is 10.3. The van der Waals surface area contributed by atoms with Crippen molar-refractivity contribution in [3.8, 4) is 0 Å². The largest absolute Gasteiger partial charge is 0.473 e. The molecule has 0 aromatic heterocycles. The first-order valence-corrected chi connectivity index (χ1v) is 12.8.